The van der Waals surface area contributed by atoms with Crippen LogP contribution in [0.3, 0.4) is 0 Å². The zero-order valence-electron chi connectivity index (χ0n) is 18.0. The number of ether oxygens (including phenoxy) is 1. The molecule has 2 aromatic heterocycles. The van der Waals surface area contributed by atoms with Crippen molar-refractivity contribution in [3.05, 3.63) is 92.9 Å². The molecular weight excluding hydrogens is 449 g/mol. The number of fused-ring (bicyclic) bond motifs is 1. The Morgan fingerprint density at radius 1 is 1.06 bits per heavy atom. The molecule has 0 unspecified atom stereocenters. The molecule has 1 fully saturated rings. The van der Waals surface area contributed by atoms with Crippen molar-refractivity contribution < 1.29 is 17.9 Å². The summed E-state index contributed by atoms with van der Waals surface area (Å²) in [6.45, 7) is 0.653. The summed E-state index contributed by atoms with van der Waals surface area (Å²) in [4.78, 5) is 31.2. The van der Waals surface area contributed by atoms with Crippen LogP contribution in [0.25, 0.3) is 16.9 Å². The number of halogens is 3. The molecule has 3 heterocycles. The van der Waals surface area contributed by atoms with Crippen LogP contribution >= 0.6 is 0 Å². The van der Waals surface area contributed by atoms with Crippen molar-refractivity contribution in [2.24, 2.45) is 0 Å². The van der Waals surface area contributed by atoms with Gasteiger partial charge in [-0.05, 0) is 42.7 Å². The molecule has 1 saturated heterocycles. The van der Waals surface area contributed by atoms with E-state index in [9.17, 15) is 22.8 Å². The third-order valence-electron chi connectivity index (χ3n) is 5.93. The van der Waals surface area contributed by atoms with Gasteiger partial charge in [0.15, 0.2) is 11.2 Å². The van der Waals surface area contributed by atoms with E-state index in [4.69, 9.17) is 4.74 Å². The largest absolute Gasteiger partial charge is 0.416 e. The molecule has 176 valence electrons. The first-order valence-electron chi connectivity index (χ1n) is 10.9. The predicted molar refractivity (Wildman–Crippen MR) is 119 cm³/mol. The lowest BCUT2D eigenvalue weighted by Crippen LogP contribution is -2.42. The number of benzene rings is 2. The van der Waals surface area contributed by atoms with E-state index in [1.807, 2.05) is 0 Å². The number of aromatic nitrogens is 4. The summed E-state index contributed by atoms with van der Waals surface area (Å²) in [7, 11) is 0. The van der Waals surface area contributed by atoms with E-state index in [-0.39, 0.29) is 30.4 Å². The number of imidazole rings is 1. The van der Waals surface area contributed by atoms with Crippen molar-refractivity contribution in [3.63, 3.8) is 0 Å². The molecule has 10 heteroatoms. The number of rotatable bonds is 5. The van der Waals surface area contributed by atoms with Gasteiger partial charge in [0.05, 0.1) is 30.2 Å². The van der Waals surface area contributed by atoms with Crippen LogP contribution in [-0.4, -0.2) is 31.4 Å². The van der Waals surface area contributed by atoms with E-state index in [2.05, 4.69) is 4.98 Å². The van der Waals surface area contributed by atoms with Crippen molar-refractivity contribution in [1.29, 1.82) is 0 Å². The van der Waals surface area contributed by atoms with Crippen molar-refractivity contribution in [3.8, 4) is 5.69 Å². The molecule has 0 aliphatic carbocycles. The summed E-state index contributed by atoms with van der Waals surface area (Å²) in [5.41, 5.74) is -0.683. The molecule has 7 nitrogen and oxygen atoms in total. The predicted octanol–water partition coefficient (Wildman–Crippen LogP) is 3.60. The third-order valence-corrected chi connectivity index (χ3v) is 5.93. The van der Waals surface area contributed by atoms with Gasteiger partial charge in [0, 0.05) is 13.2 Å². The SMILES string of the molecule is O=c1c2c(ncn2Cc2cccc(C(F)(F)F)c2)n(-c2ccccc2)c(=O)n1C[C@H]1CCCO1. The van der Waals surface area contributed by atoms with E-state index < -0.39 is 23.0 Å². The summed E-state index contributed by atoms with van der Waals surface area (Å²) >= 11 is 0. The Kier molecular flexibility index (Phi) is 5.60. The Hall–Kier alpha value is -3.66. The molecule has 0 amide bonds. The van der Waals surface area contributed by atoms with E-state index in [0.29, 0.717) is 17.9 Å². The Morgan fingerprint density at radius 3 is 2.56 bits per heavy atom. The summed E-state index contributed by atoms with van der Waals surface area (Å²) in [5, 5.41) is 0. The first-order chi connectivity index (χ1) is 16.3. The van der Waals surface area contributed by atoms with Gasteiger partial charge in [-0.15, -0.1) is 0 Å². The van der Waals surface area contributed by atoms with Gasteiger partial charge in [-0.1, -0.05) is 30.3 Å². The van der Waals surface area contributed by atoms with Gasteiger partial charge in [-0.25, -0.2) is 14.3 Å². The minimum atomic E-state index is -4.48. The van der Waals surface area contributed by atoms with Crippen molar-refractivity contribution in [1.82, 2.24) is 18.7 Å². The molecule has 0 saturated carbocycles. The lowest BCUT2D eigenvalue weighted by Gasteiger charge is -2.15. The maximum absolute atomic E-state index is 13.5. The Morgan fingerprint density at radius 2 is 1.85 bits per heavy atom. The fraction of sp³-hybridized carbons (Fsp3) is 0.292. The van der Waals surface area contributed by atoms with Crippen LogP contribution in [0, 0.1) is 0 Å². The van der Waals surface area contributed by atoms with Crippen molar-refractivity contribution in [2.45, 2.75) is 38.2 Å². The number of alkyl halides is 3. The van der Waals surface area contributed by atoms with E-state index in [0.717, 1.165) is 29.5 Å². The molecule has 1 atom stereocenters. The van der Waals surface area contributed by atoms with Crippen LogP contribution in [0.4, 0.5) is 13.2 Å². The zero-order valence-corrected chi connectivity index (χ0v) is 18.0. The summed E-state index contributed by atoms with van der Waals surface area (Å²) < 4.78 is 49.1. The van der Waals surface area contributed by atoms with Gasteiger partial charge in [-0.3, -0.25) is 9.36 Å². The number of hydrogen-bond donors (Lipinski definition) is 0. The molecule has 0 N–H and O–H groups in total. The second-order valence-corrected chi connectivity index (χ2v) is 8.25. The average Bonchev–Trinajstić information content (AvgIpc) is 3.47. The standard InChI is InChI=1S/C24H21F3N4O3/c25-24(26,27)17-7-4-6-16(12-17)13-29-15-28-21-20(29)22(32)30(14-19-10-5-11-34-19)23(33)31(21)18-8-2-1-3-9-18/h1-4,6-9,12,15,19H,5,10-11,13-14H2/t19-/m1/s1. The molecule has 4 aromatic rings. The normalized spacial score (nSPS) is 16.4. The third kappa shape index (κ3) is 4.05. The van der Waals surface area contributed by atoms with Gasteiger partial charge < -0.3 is 9.30 Å². The molecule has 0 bridgehead atoms. The van der Waals surface area contributed by atoms with Crippen LogP contribution < -0.4 is 11.2 Å². The van der Waals surface area contributed by atoms with Crippen LogP contribution in [0.1, 0.15) is 24.0 Å². The maximum atomic E-state index is 13.5. The van der Waals surface area contributed by atoms with Crippen LogP contribution in [0.5, 0.6) is 0 Å². The van der Waals surface area contributed by atoms with Gasteiger partial charge in [0.2, 0.25) is 0 Å². The zero-order chi connectivity index (χ0) is 23.9. The van der Waals surface area contributed by atoms with Gasteiger partial charge in [0.25, 0.3) is 5.56 Å². The highest BCUT2D eigenvalue weighted by Gasteiger charge is 2.30. The molecule has 1 aliphatic rings. The lowest BCUT2D eigenvalue weighted by atomic mass is 10.1. The van der Waals surface area contributed by atoms with Gasteiger partial charge in [-0.2, -0.15) is 13.2 Å². The number of nitrogens with zero attached hydrogens (tertiary/aromatic N) is 4. The van der Waals surface area contributed by atoms with Crippen LogP contribution in [0.15, 0.2) is 70.5 Å². The molecule has 2 aromatic carbocycles. The molecule has 1 aliphatic heterocycles. The van der Waals surface area contributed by atoms with Gasteiger partial charge >= 0.3 is 11.9 Å². The lowest BCUT2D eigenvalue weighted by molar-refractivity contribution is -0.137. The molecule has 34 heavy (non-hydrogen) atoms. The topological polar surface area (TPSA) is 71.0 Å². The Bertz CT molecular complexity index is 1450. The van der Waals surface area contributed by atoms with Crippen LogP contribution in [0.2, 0.25) is 0 Å². The molecule has 0 spiro atoms. The molecule has 5 rings (SSSR count). The molecule has 0 radical (unpaired) electrons. The summed E-state index contributed by atoms with van der Waals surface area (Å²) in [6.07, 6.45) is -1.77. The quantitative estimate of drug-likeness (QED) is 0.447. The first kappa shape index (κ1) is 22.1. The minimum absolute atomic E-state index is 0.0113. The smallest absolute Gasteiger partial charge is 0.376 e. The van der Waals surface area contributed by atoms with Gasteiger partial charge in [0.1, 0.15) is 0 Å². The Balaban J connectivity index is 1.68. The highest BCUT2D eigenvalue weighted by atomic mass is 19.4. The summed E-state index contributed by atoms with van der Waals surface area (Å²) in [6, 6.07) is 13.7. The highest BCUT2D eigenvalue weighted by Crippen LogP contribution is 2.29. The molecular formula is C24H21F3N4O3. The van der Waals surface area contributed by atoms with Crippen molar-refractivity contribution in [2.75, 3.05) is 6.61 Å². The van der Waals surface area contributed by atoms with E-state index >= 15 is 0 Å². The highest BCUT2D eigenvalue weighted by molar-refractivity contribution is 5.72. The first-order valence-corrected chi connectivity index (χ1v) is 10.9. The van der Waals surface area contributed by atoms with E-state index in [1.54, 1.807) is 36.4 Å². The summed E-state index contributed by atoms with van der Waals surface area (Å²) in [5.74, 6) is 0. The average molecular weight is 470 g/mol. The maximum Gasteiger partial charge on any atom is 0.416 e. The fourth-order valence-corrected chi connectivity index (χ4v) is 4.31. The number of hydrogen-bond acceptors (Lipinski definition) is 4. The minimum Gasteiger partial charge on any atom is -0.376 e. The second-order valence-electron chi connectivity index (χ2n) is 8.25. The van der Waals surface area contributed by atoms with Crippen LogP contribution in [-0.2, 0) is 24.0 Å². The monoisotopic (exact) mass is 470 g/mol. The number of para-hydroxylation sites is 1. The second kappa shape index (κ2) is 8.60. The van der Waals surface area contributed by atoms with Crippen molar-refractivity contribution >= 4 is 11.2 Å². The Labute approximate surface area is 191 Å². The fourth-order valence-electron chi connectivity index (χ4n) is 4.31. The van der Waals surface area contributed by atoms with E-state index in [1.165, 1.54) is 21.5 Å².